The molecule has 3 amide bonds. The number of halogens is 2. The molecule has 3 N–H and O–H groups in total. The topological polar surface area (TPSA) is 96.8 Å². The standard InChI is InChI=1S/C14H8BrClN2O4/c15-10-4-3-9(22-10)12(19)11-7-5-6(16)1-2-8(7)18(13(11)20)14(17)21/h1-5,19H,(H2,17,21). The molecule has 0 atom stereocenters. The Morgan fingerprint density at radius 3 is 2.64 bits per heavy atom. The second-order valence-corrected chi connectivity index (χ2v) is 5.69. The predicted molar refractivity (Wildman–Crippen MR) is 84.4 cm³/mol. The third kappa shape index (κ3) is 2.18. The lowest BCUT2D eigenvalue weighted by Gasteiger charge is -2.11. The van der Waals surface area contributed by atoms with Crippen LogP contribution in [0.5, 0.6) is 0 Å². The third-order valence-electron chi connectivity index (χ3n) is 3.15. The Morgan fingerprint density at radius 2 is 2.05 bits per heavy atom. The first kappa shape index (κ1) is 14.7. The molecule has 6 nitrogen and oxygen atoms in total. The summed E-state index contributed by atoms with van der Waals surface area (Å²) < 4.78 is 5.62. The van der Waals surface area contributed by atoms with Gasteiger partial charge in [-0.2, -0.15) is 0 Å². The van der Waals surface area contributed by atoms with E-state index in [0.29, 0.717) is 15.3 Å². The SMILES string of the molecule is NC(=O)N1C(=O)C(=C(O)c2ccc(Br)o2)c2cc(Cl)ccc21. The normalized spacial score (nSPS) is 15.9. The van der Waals surface area contributed by atoms with Crippen molar-refractivity contribution < 1.29 is 19.1 Å². The van der Waals surface area contributed by atoms with Crippen molar-refractivity contribution in [1.82, 2.24) is 0 Å². The molecule has 3 rings (SSSR count). The molecule has 8 heteroatoms. The number of urea groups is 1. The summed E-state index contributed by atoms with van der Waals surface area (Å²) in [6.45, 7) is 0. The Hall–Kier alpha value is -2.25. The summed E-state index contributed by atoms with van der Waals surface area (Å²) in [4.78, 5) is 24.7. The molecule has 0 radical (unpaired) electrons. The number of fused-ring (bicyclic) bond motifs is 1. The number of imide groups is 1. The van der Waals surface area contributed by atoms with Crippen LogP contribution in [0, 0.1) is 0 Å². The van der Waals surface area contributed by atoms with Crippen LogP contribution in [0.4, 0.5) is 10.5 Å². The van der Waals surface area contributed by atoms with Crippen LogP contribution in [0.15, 0.2) is 39.4 Å². The number of benzene rings is 1. The summed E-state index contributed by atoms with van der Waals surface area (Å²) in [5, 5.41) is 10.7. The van der Waals surface area contributed by atoms with Crippen LogP contribution in [-0.2, 0) is 4.79 Å². The third-order valence-corrected chi connectivity index (χ3v) is 3.81. The first-order valence-corrected chi connectivity index (χ1v) is 7.20. The van der Waals surface area contributed by atoms with E-state index in [9.17, 15) is 14.7 Å². The molecule has 0 fully saturated rings. The zero-order valence-corrected chi connectivity index (χ0v) is 13.2. The molecular weight excluding hydrogens is 376 g/mol. The molecule has 1 aromatic carbocycles. The molecule has 1 aliphatic rings. The second kappa shape index (κ2) is 5.19. The fourth-order valence-electron chi connectivity index (χ4n) is 2.25. The summed E-state index contributed by atoms with van der Waals surface area (Å²) in [5.41, 5.74) is 5.71. The van der Waals surface area contributed by atoms with Crippen molar-refractivity contribution in [3.8, 4) is 0 Å². The minimum absolute atomic E-state index is 0.0764. The first-order chi connectivity index (χ1) is 10.4. The molecular formula is C14H8BrClN2O4. The highest BCUT2D eigenvalue weighted by Gasteiger charge is 2.39. The van der Waals surface area contributed by atoms with Gasteiger partial charge in [-0.25, -0.2) is 9.69 Å². The molecule has 0 bridgehead atoms. The largest absolute Gasteiger partial charge is 0.504 e. The summed E-state index contributed by atoms with van der Waals surface area (Å²) in [7, 11) is 0. The Labute approximate surface area is 137 Å². The first-order valence-electron chi connectivity index (χ1n) is 6.03. The molecule has 0 saturated heterocycles. The fourth-order valence-corrected chi connectivity index (χ4v) is 2.73. The number of anilines is 1. The molecule has 2 heterocycles. The number of rotatable bonds is 1. The van der Waals surface area contributed by atoms with E-state index in [2.05, 4.69) is 15.9 Å². The van der Waals surface area contributed by atoms with Gasteiger partial charge in [-0.05, 0) is 46.3 Å². The summed E-state index contributed by atoms with van der Waals surface area (Å²) >= 11 is 9.05. The minimum Gasteiger partial charge on any atom is -0.504 e. The van der Waals surface area contributed by atoms with Gasteiger partial charge in [0.05, 0.1) is 11.3 Å². The minimum atomic E-state index is -0.947. The lowest BCUT2D eigenvalue weighted by molar-refractivity contribution is -0.112. The number of furan rings is 1. The zero-order valence-electron chi connectivity index (χ0n) is 10.8. The van der Waals surface area contributed by atoms with E-state index in [1.807, 2.05) is 0 Å². The van der Waals surface area contributed by atoms with Gasteiger partial charge in [0.15, 0.2) is 16.2 Å². The van der Waals surface area contributed by atoms with Gasteiger partial charge in [-0.3, -0.25) is 4.79 Å². The van der Waals surface area contributed by atoms with Crippen molar-refractivity contribution in [2.45, 2.75) is 0 Å². The predicted octanol–water partition coefficient (Wildman–Crippen LogP) is 3.55. The number of nitrogens with zero attached hydrogens (tertiary/aromatic N) is 1. The number of primary amides is 1. The van der Waals surface area contributed by atoms with Crippen LogP contribution in [0.25, 0.3) is 11.3 Å². The zero-order chi connectivity index (χ0) is 16.0. The van der Waals surface area contributed by atoms with E-state index in [1.165, 1.54) is 24.3 Å². The van der Waals surface area contributed by atoms with Crippen molar-refractivity contribution in [2.24, 2.45) is 5.73 Å². The molecule has 0 unspecified atom stereocenters. The number of carbonyl (C=O) groups excluding carboxylic acids is 2. The van der Waals surface area contributed by atoms with Crippen LogP contribution < -0.4 is 10.6 Å². The highest BCUT2D eigenvalue weighted by Crippen LogP contribution is 2.41. The monoisotopic (exact) mass is 382 g/mol. The van der Waals surface area contributed by atoms with Gasteiger partial charge >= 0.3 is 6.03 Å². The van der Waals surface area contributed by atoms with E-state index >= 15 is 0 Å². The summed E-state index contributed by atoms with van der Waals surface area (Å²) in [6, 6.07) is 6.58. The van der Waals surface area contributed by atoms with Gasteiger partial charge in [0.2, 0.25) is 0 Å². The van der Waals surface area contributed by atoms with Gasteiger partial charge in [0, 0.05) is 10.6 Å². The maximum Gasteiger partial charge on any atom is 0.326 e. The van der Waals surface area contributed by atoms with Gasteiger partial charge in [0.1, 0.15) is 0 Å². The van der Waals surface area contributed by atoms with E-state index in [4.69, 9.17) is 21.8 Å². The average molecular weight is 384 g/mol. The van der Waals surface area contributed by atoms with Crippen LogP contribution in [-0.4, -0.2) is 17.0 Å². The second-order valence-electron chi connectivity index (χ2n) is 4.47. The highest BCUT2D eigenvalue weighted by atomic mass is 79.9. The smallest absolute Gasteiger partial charge is 0.326 e. The van der Waals surface area contributed by atoms with E-state index < -0.39 is 17.7 Å². The van der Waals surface area contributed by atoms with Gasteiger partial charge in [-0.15, -0.1) is 0 Å². The molecule has 0 spiro atoms. The number of aliphatic hydroxyl groups is 1. The number of hydrogen-bond acceptors (Lipinski definition) is 4. The molecule has 112 valence electrons. The maximum absolute atomic E-state index is 12.4. The number of hydrogen-bond donors (Lipinski definition) is 2. The van der Waals surface area contributed by atoms with Crippen LogP contribution in [0.3, 0.4) is 0 Å². The molecule has 0 aliphatic carbocycles. The quantitative estimate of drug-likeness (QED) is 0.581. The fraction of sp³-hybridized carbons (Fsp3) is 0. The van der Waals surface area contributed by atoms with Crippen molar-refractivity contribution in [1.29, 1.82) is 0 Å². The molecule has 1 aromatic heterocycles. The number of amides is 3. The molecule has 1 aliphatic heterocycles. The van der Waals surface area contributed by atoms with E-state index in [-0.39, 0.29) is 17.0 Å². The molecule has 2 aromatic rings. The summed E-state index contributed by atoms with van der Waals surface area (Å²) in [5.74, 6) is -1.06. The van der Waals surface area contributed by atoms with E-state index in [0.717, 1.165) is 4.90 Å². The average Bonchev–Trinajstić information content (AvgIpc) is 2.98. The summed E-state index contributed by atoms with van der Waals surface area (Å²) in [6.07, 6.45) is 0. The highest BCUT2D eigenvalue weighted by molar-refractivity contribution is 9.10. The Kier molecular flexibility index (Phi) is 3.46. The van der Waals surface area contributed by atoms with Gasteiger partial charge < -0.3 is 15.3 Å². The number of carbonyl (C=O) groups is 2. The van der Waals surface area contributed by atoms with Gasteiger partial charge in [-0.1, -0.05) is 11.6 Å². The van der Waals surface area contributed by atoms with E-state index in [1.54, 1.807) is 6.07 Å². The van der Waals surface area contributed by atoms with Crippen LogP contribution in [0.1, 0.15) is 11.3 Å². The van der Waals surface area contributed by atoms with Crippen molar-refractivity contribution in [3.63, 3.8) is 0 Å². The Bertz CT molecular complexity index is 843. The lowest BCUT2D eigenvalue weighted by Crippen LogP contribution is -2.37. The van der Waals surface area contributed by atoms with Crippen molar-refractivity contribution >= 4 is 56.5 Å². The molecule has 22 heavy (non-hydrogen) atoms. The number of nitrogens with two attached hydrogens (primary N) is 1. The van der Waals surface area contributed by atoms with Crippen LogP contribution in [0.2, 0.25) is 5.02 Å². The maximum atomic E-state index is 12.4. The Balaban J connectivity index is 2.27. The number of aliphatic hydroxyl groups excluding tert-OH is 1. The van der Waals surface area contributed by atoms with Gasteiger partial charge in [0.25, 0.3) is 5.91 Å². The Morgan fingerprint density at radius 1 is 1.32 bits per heavy atom. The molecule has 0 saturated carbocycles. The van der Waals surface area contributed by atoms with Crippen LogP contribution >= 0.6 is 27.5 Å². The van der Waals surface area contributed by atoms with Crippen molar-refractivity contribution in [2.75, 3.05) is 4.90 Å². The van der Waals surface area contributed by atoms with Crippen molar-refractivity contribution in [3.05, 3.63) is 51.3 Å². The lowest BCUT2D eigenvalue weighted by atomic mass is 10.1.